The van der Waals surface area contributed by atoms with Crippen molar-refractivity contribution in [1.82, 2.24) is 14.7 Å². The predicted octanol–water partition coefficient (Wildman–Crippen LogP) is 4.30. The summed E-state index contributed by atoms with van der Waals surface area (Å²) in [6, 6.07) is 11.7. The van der Waals surface area contributed by atoms with Gasteiger partial charge in [-0.1, -0.05) is 29.8 Å². The van der Waals surface area contributed by atoms with Gasteiger partial charge in [-0.3, -0.25) is 14.5 Å². The van der Waals surface area contributed by atoms with Crippen LogP contribution in [0.1, 0.15) is 48.2 Å². The number of halogens is 1. The summed E-state index contributed by atoms with van der Waals surface area (Å²) in [6.45, 7) is 4.47. The normalized spacial score (nSPS) is 20.1. The first-order valence-corrected chi connectivity index (χ1v) is 10.9. The predicted molar refractivity (Wildman–Crippen MR) is 118 cm³/mol. The molecular weight excluding hydrogens is 414 g/mol. The average molecular weight is 438 g/mol. The highest BCUT2D eigenvalue weighted by atomic mass is 35.5. The summed E-state index contributed by atoms with van der Waals surface area (Å²) in [7, 11) is 1.51. The van der Waals surface area contributed by atoms with Crippen molar-refractivity contribution in [2.45, 2.75) is 51.4 Å². The van der Waals surface area contributed by atoms with Crippen molar-refractivity contribution >= 4 is 29.4 Å². The van der Waals surface area contributed by atoms with Crippen molar-refractivity contribution in [2.24, 2.45) is 0 Å². The second-order valence-electron chi connectivity index (χ2n) is 9.14. The van der Waals surface area contributed by atoms with E-state index in [1.807, 2.05) is 35.2 Å². The molecule has 2 fully saturated rings. The van der Waals surface area contributed by atoms with Gasteiger partial charge in [0.25, 0.3) is 11.8 Å². The third-order valence-electron chi connectivity index (χ3n) is 6.63. The van der Waals surface area contributed by atoms with Crippen molar-refractivity contribution in [3.8, 4) is 11.1 Å². The Labute approximate surface area is 186 Å². The quantitative estimate of drug-likeness (QED) is 0.670. The number of hydrogen-bond donors (Lipinski definition) is 0. The third kappa shape index (κ3) is 3.12. The second-order valence-corrected chi connectivity index (χ2v) is 9.55. The van der Waals surface area contributed by atoms with Crippen molar-refractivity contribution in [2.75, 3.05) is 7.05 Å². The number of urea groups is 1. The molecule has 31 heavy (non-hydrogen) atoms. The maximum absolute atomic E-state index is 12.6. The Kier molecular flexibility index (Phi) is 4.42. The third-order valence-corrected chi connectivity index (χ3v) is 6.94. The summed E-state index contributed by atoms with van der Waals surface area (Å²) >= 11 is 6.62. The first-order chi connectivity index (χ1) is 14.7. The molecular formula is C24H24ClN3O3. The number of nitrogens with zero attached hydrogens (tertiary/aromatic N) is 3. The van der Waals surface area contributed by atoms with E-state index < -0.39 is 5.54 Å². The van der Waals surface area contributed by atoms with Crippen LogP contribution in [0.25, 0.3) is 11.1 Å². The van der Waals surface area contributed by atoms with E-state index >= 15 is 0 Å². The molecule has 2 aromatic rings. The molecule has 1 saturated carbocycles. The van der Waals surface area contributed by atoms with Crippen molar-refractivity contribution < 1.29 is 14.4 Å². The van der Waals surface area contributed by atoms with Gasteiger partial charge in [0.05, 0.1) is 0 Å². The molecule has 0 atom stereocenters. The number of likely N-dealkylation sites (N-methyl/N-ethyl adjacent to an activating group) is 1. The van der Waals surface area contributed by atoms with Crippen LogP contribution in [-0.2, 0) is 17.9 Å². The van der Waals surface area contributed by atoms with E-state index in [9.17, 15) is 14.4 Å². The number of hydrogen-bond acceptors (Lipinski definition) is 3. The molecule has 1 saturated heterocycles. The molecule has 2 aromatic carbocycles. The summed E-state index contributed by atoms with van der Waals surface area (Å²) in [5, 5.41) is 0.574. The number of carbonyl (C=O) groups excluding carboxylic acids is 3. The molecule has 1 aliphatic carbocycles. The van der Waals surface area contributed by atoms with Crippen LogP contribution >= 0.6 is 11.6 Å². The van der Waals surface area contributed by atoms with E-state index in [4.69, 9.17) is 11.6 Å². The van der Waals surface area contributed by atoms with Crippen LogP contribution in [0.4, 0.5) is 4.79 Å². The number of benzene rings is 2. The molecule has 3 aliphatic rings. The molecule has 0 bridgehead atoms. The van der Waals surface area contributed by atoms with E-state index in [0.717, 1.165) is 45.6 Å². The zero-order chi connectivity index (χ0) is 22.1. The minimum Gasteiger partial charge on any atom is -0.331 e. The zero-order valence-electron chi connectivity index (χ0n) is 17.8. The molecule has 0 unspecified atom stereocenters. The van der Waals surface area contributed by atoms with Gasteiger partial charge in [-0.15, -0.1) is 0 Å². The fourth-order valence-electron chi connectivity index (χ4n) is 4.56. The fourth-order valence-corrected chi connectivity index (χ4v) is 4.88. The van der Waals surface area contributed by atoms with Gasteiger partial charge in [-0.2, -0.15) is 0 Å². The molecule has 160 valence electrons. The van der Waals surface area contributed by atoms with E-state index in [1.165, 1.54) is 7.05 Å². The highest BCUT2D eigenvalue weighted by Crippen LogP contribution is 2.38. The van der Waals surface area contributed by atoms with Crippen LogP contribution in [0.15, 0.2) is 36.4 Å². The number of amides is 4. The van der Waals surface area contributed by atoms with Crippen molar-refractivity contribution in [1.29, 1.82) is 0 Å². The minimum absolute atomic E-state index is 0.128. The van der Waals surface area contributed by atoms with Crippen LogP contribution in [0.5, 0.6) is 0 Å². The smallest absolute Gasteiger partial charge is 0.327 e. The molecule has 6 nitrogen and oxygen atoms in total. The Morgan fingerprint density at radius 1 is 1.03 bits per heavy atom. The lowest BCUT2D eigenvalue weighted by Crippen LogP contribution is -2.43. The van der Waals surface area contributed by atoms with Gasteiger partial charge in [0.15, 0.2) is 0 Å². The Hall–Kier alpha value is -2.86. The topological polar surface area (TPSA) is 60.9 Å². The van der Waals surface area contributed by atoms with Gasteiger partial charge in [0.1, 0.15) is 5.54 Å². The van der Waals surface area contributed by atoms with Crippen LogP contribution in [0.3, 0.4) is 0 Å². The standard InChI is InChI=1S/C24H24ClN3O3/c1-24(2)22(30)26(3)23(31)28(24)12-14-4-8-18(20(25)10-14)15-5-9-19-16(11-15)13-27(21(19)29)17-6-7-17/h4-5,8-11,17H,6-7,12-13H2,1-3H3. The van der Waals surface area contributed by atoms with Crippen molar-refractivity contribution in [3.63, 3.8) is 0 Å². The molecule has 2 aliphatic heterocycles. The largest absolute Gasteiger partial charge is 0.331 e. The Bertz CT molecular complexity index is 1140. The molecule has 5 rings (SSSR count). The first-order valence-electron chi connectivity index (χ1n) is 10.5. The summed E-state index contributed by atoms with van der Waals surface area (Å²) in [4.78, 5) is 42.1. The summed E-state index contributed by atoms with van der Waals surface area (Å²) in [5.74, 6) is -0.0870. The summed E-state index contributed by atoms with van der Waals surface area (Å²) < 4.78 is 0. The highest BCUT2D eigenvalue weighted by molar-refractivity contribution is 6.33. The Morgan fingerprint density at radius 2 is 1.74 bits per heavy atom. The van der Waals surface area contributed by atoms with Gasteiger partial charge in [-0.25, -0.2) is 4.79 Å². The van der Waals surface area contributed by atoms with E-state index in [-0.39, 0.29) is 17.8 Å². The average Bonchev–Trinajstić information content (AvgIpc) is 3.51. The van der Waals surface area contributed by atoms with Gasteiger partial charge in [0, 0.05) is 42.3 Å². The van der Waals surface area contributed by atoms with Gasteiger partial charge in [-0.05, 0) is 61.6 Å². The lowest BCUT2D eigenvalue weighted by Gasteiger charge is -2.28. The van der Waals surface area contributed by atoms with Crippen LogP contribution < -0.4 is 0 Å². The number of carbonyl (C=O) groups is 3. The minimum atomic E-state index is -0.892. The fraction of sp³-hybridized carbons (Fsp3) is 0.375. The Balaban J connectivity index is 1.40. The molecule has 4 amide bonds. The number of rotatable bonds is 4. The van der Waals surface area contributed by atoms with Crippen LogP contribution in [0, 0.1) is 0 Å². The number of fused-ring (bicyclic) bond motifs is 1. The van der Waals surface area contributed by atoms with E-state index in [1.54, 1.807) is 18.7 Å². The number of imide groups is 1. The lowest BCUT2D eigenvalue weighted by molar-refractivity contribution is -0.131. The monoisotopic (exact) mass is 437 g/mol. The Morgan fingerprint density at radius 3 is 2.35 bits per heavy atom. The first kappa shape index (κ1) is 20.1. The van der Waals surface area contributed by atoms with Crippen LogP contribution in [-0.4, -0.2) is 51.2 Å². The summed E-state index contributed by atoms with van der Waals surface area (Å²) in [5.41, 5.74) is 3.64. The molecule has 0 spiro atoms. The molecule has 0 aromatic heterocycles. The zero-order valence-corrected chi connectivity index (χ0v) is 18.6. The van der Waals surface area contributed by atoms with Gasteiger partial charge >= 0.3 is 6.03 Å². The van der Waals surface area contributed by atoms with Gasteiger partial charge < -0.3 is 9.80 Å². The molecule has 7 heteroatoms. The maximum Gasteiger partial charge on any atom is 0.327 e. The van der Waals surface area contributed by atoms with E-state index in [2.05, 4.69) is 6.07 Å². The summed E-state index contributed by atoms with van der Waals surface area (Å²) in [6.07, 6.45) is 2.19. The lowest BCUT2D eigenvalue weighted by atomic mass is 9.98. The molecule has 0 N–H and O–H groups in total. The molecule has 2 heterocycles. The van der Waals surface area contributed by atoms with Crippen LogP contribution in [0.2, 0.25) is 5.02 Å². The molecule has 0 radical (unpaired) electrons. The highest BCUT2D eigenvalue weighted by Gasteiger charge is 2.49. The van der Waals surface area contributed by atoms with Crippen molar-refractivity contribution in [3.05, 3.63) is 58.1 Å². The SMILES string of the molecule is CN1C(=O)N(Cc2ccc(-c3ccc4c(c3)CN(C3CC3)C4=O)c(Cl)c2)C(C)(C)C1=O. The van der Waals surface area contributed by atoms with Gasteiger partial charge in [0.2, 0.25) is 0 Å². The second kappa shape index (κ2) is 6.82. The maximum atomic E-state index is 12.6. The van der Waals surface area contributed by atoms with E-state index in [0.29, 0.717) is 24.2 Å².